The van der Waals surface area contributed by atoms with Crippen molar-refractivity contribution in [1.29, 1.82) is 0 Å². The molecule has 0 spiro atoms. The van der Waals surface area contributed by atoms with E-state index in [0.29, 0.717) is 18.4 Å². The van der Waals surface area contributed by atoms with Gasteiger partial charge in [-0.25, -0.2) is 0 Å². The van der Waals surface area contributed by atoms with Gasteiger partial charge in [0.2, 0.25) is 0 Å². The maximum atomic E-state index is 12.2. The van der Waals surface area contributed by atoms with E-state index in [0.717, 1.165) is 12.8 Å². The molecular weight excluding hydrogens is 280 g/mol. The summed E-state index contributed by atoms with van der Waals surface area (Å²) in [7, 11) is 1.63. The maximum absolute atomic E-state index is 12.2. The molecule has 1 aromatic rings. The summed E-state index contributed by atoms with van der Waals surface area (Å²) in [4.78, 5) is 13.7. The van der Waals surface area contributed by atoms with E-state index in [1.807, 2.05) is 0 Å². The zero-order valence-electron chi connectivity index (χ0n) is 11.9. The molecular formula is C15H19F2NO3. The normalized spacial score (nSPS) is 17.0. The molecule has 0 aromatic heterocycles. The van der Waals surface area contributed by atoms with Crippen molar-refractivity contribution in [2.24, 2.45) is 0 Å². The van der Waals surface area contributed by atoms with E-state index in [2.05, 4.69) is 4.74 Å². The van der Waals surface area contributed by atoms with Crippen LogP contribution < -0.4 is 4.74 Å². The Morgan fingerprint density at radius 3 is 2.43 bits per heavy atom. The van der Waals surface area contributed by atoms with Gasteiger partial charge >= 0.3 is 6.61 Å². The molecule has 1 saturated carbocycles. The number of rotatable bonds is 5. The molecule has 0 radical (unpaired) electrons. The van der Waals surface area contributed by atoms with Gasteiger partial charge in [-0.05, 0) is 37.1 Å². The van der Waals surface area contributed by atoms with Gasteiger partial charge in [-0.2, -0.15) is 8.78 Å². The van der Waals surface area contributed by atoms with Crippen molar-refractivity contribution >= 4 is 5.91 Å². The van der Waals surface area contributed by atoms with E-state index in [-0.39, 0.29) is 18.2 Å². The molecule has 6 heteroatoms. The Kier molecular flexibility index (Phi) is 4.77. The first kappa shape index (κ1) is 15.7. The predicted octanol–water partition coefficient (Wildman–Crippen LogP) is 2.67. The maximum Gasteiger partial charge on any atom is 0.387 e. The first-order chi connectivity index (χ1) is 9.89. The second kappa shape index (κ2) is 6.39. The van der Waals surface area contributed by atoms with Crippen LogP contribution in [0.1, 0.15) is 36.0 Å². The summed E-state index contributed by atoms with van der Waals surface area (Å²) >= 11 is 0. The second-order valence-corrected chi connectivity index (χ2v) is 5.50. The molecule has 1 aromatic carbocycles. The molecule has 0 heterocycles. The summed E-state index contributed by atoms with van der Waals surface area (Å²) in [5, 5.41) is 10.3. The summed E-state index contributed by atoms with van der Waals surface area (Å²) in [5.41, 5.74) is -0.427. The number of hydrogen-bond acceptors (Lipinski definition) is 3. The average Bonchev–Trinajstić information content (AvgIpc) is 2.84. The van der Waals surface area contributed by atoms with E-state index in [4.69, 9.17) is 0 Å². The fourth-order valence-corrected chi connectivity index (χ4v) is 2.70. The number of halogens is 2. The number of hydrogen-bond donors (Lipinski definition) is 1. The van der Waals surface area contributed by atoms with Crippen molar-refractivity contribution < 1.29 is 23.4 Å². The van der Waals surface area contributed by atoms with Crippen LogP contribution >= 0.6 is 0 Å². The van der Waals surface area contributed by atoms with E-state index in [1.54, 1.807) is 7.05 Å². The molecule has 1 amide bonds. The molecule has 0 atom stereocenters. The smallest absolute Gasteiger partial charge is 0.387 e. The summed E-state index contributed by atoms with van der Waals surface area (Å²) in [6.45, 7) is -2.60. The van der Waals surface area contributed by atoms with Crippen LogP contribution in [0.2, 0.25) is 0 Å². The van der Waals surface area contributed by atoms with E-state index in [1.165, 1.54) is 29.2 Å². The fourth-order valence-electron chi connectivity index (χ4n) is 2.70. The highest BCUT2D eigenvalue weighted by atomic mass is 19.3. The van der Waals surface area contributed by atoms with E-state index >= 15 is 0 Å². The molecule has 1 aliphatic carbocycles. The van der Waals surface area contributed by atoms with Gasteiger partial charge in [-0.3, -0.25) is 4.79 Å². The van der Waals surface area contributed by atoms with Gasteiger partial charge in [0.1, 0.15) is 5.75 Å². The molecule has 0 unspecified atom stereocenters. The zero-order valence-corrected chi connectivity index (χ0v) is 11.9. The molecule has 21 heavy (non-hydrogen) atoms. The molecule has 1 N–H and O–H groups in total. The Bertz CT molecular complexity index is 484. The van der Waals surface area contributed by atoms with Gasteiger partial charge in [0.25, 0.3) is 5.91 Å². The number of amides is 1. The Morgan fingerprint density at radius 2 is 1.90 bits per heavy atom. The molecule has 0 aliphatic heterocycles. The van der Waals surface area contributed by atoms with Crippen LogP contribution in [0.5, 0.6) is 5.75 Å². The molecule has 0 saturated heterocycles. The average molecular weight is 299 g/mol. The number of nitrogens with zero attached hydrogens (tertiary/aromatic N) is 1. The highest BCUT2D eigenvalue weighted by molar-refractivity contribution is 5.94. The van der Waals surface area contributed by atoms with Crippen LogP contribution in [0.4, 0.5) is 8.78 Å². The molecule has 116 valence electrons. The Morgan fingerprint density at radius 1 is 1.33 bits per heavy atom. The predicted molar refractivity (Wildman–Crippen MR) is 73.5 cm³/mol. The van der Waals surface area contributed by atoms with Gasteiger partial charge in [0, 0.05) is 19.2 Å². The Balaban J connectivity index is 1.98. The van der Waals surface area contributed by atoms with Gasteiger partial charge in [-0.1, -0.05) is 12.8 Å². The topological polar surface area (TPSA) is 49.8 Å². The number of carbonyl (C=O) groups is 1. The minimum Gasteiger partial charge on any atom is -0.435 e. The van der Waals surface area contributed by atoms with Crippen molar-refractivity contribution in [3.8, 4) is 5.75 Å². The molecule has 1 aliphatic rings. The standard InChI is InChI=1S/C15H19F2NO3/c1-18(10-15(20)8-2-3-9-15)13(19)11-4-6-12(7-5-11)21-14(16)17/h4-7,14,20H,2-3,8-10H2,1H3. The van der Waals surface area contributed by atoms with Gasteiger partial charge < -0.3 is 14.7 Å². The summed E-state index contributed by atoms with van der Waals surface area (Å²) in [6, 6.07) is 5.54. The van der Waals surface area contributed by atoms with E-state index in [9.17, 15) is 18.7 Å². The van der Waals surface area contributed by atoms with Crippen molar-refractivity contribution in [3.63, 3.8) is 0 Å². The highest BCUT2D eigenvalue weighted by Gasteiger charge is 2.33. The lowest BCUT2D eigenvalue weighted by Crippen LogP contribution is -2.42. The van der Waals surface area contributed by atoms with Crippen molar-refractivity contribution in [3.05, 3.63) is 29.8 Å². The van der Waals surface area contributed by atoms with Crippen LogP contribution in [0.15, 0.2) is 24.3 Å². The van der Waals surface area contributed by atoms with Crippen LogP contribution in [-0.4, -0.2) is 41.7 Å². The monoisotopic (exact) mass is 299 g/mol. The number of alkyl halides is 2. The number of ether oxygens (including phenoxy) is 1. The van der Waals surface area contributed by atoms with E-state index < -0.39 is 12.2 Å². The van der Waals surface area contributed by atoms with Gasteiger partial charge in [0.05, 0.1) is 5.60 Å². The van der Waals surface area contributed by atoms with Crippen LogP contribution in [0.3, 0.4) is 0 Å². The lowest BCUT2D eigenvalue weighted by molar-refractivity contribution is -0.0498. The van der Waals surface area contributed by atoms with Crippen molar-refractivity contribution in [1.82, 2.24) is 4.90 Å². The Labute approximate surface area is 122 Å². The van der Waals surface area contributed by atoms with Gasteiger partial charge in [-0.15, -0.1) is 0 Å². The summed E-state index contributed by atoms with van der Waals surface area (Å²) in [5.74, 6) is -0.238. The molecule has 4 nitrogen and oxygen atoms in total. The third kappa shape index (κ3) is 4.14. The highest BCUT2D eigenvalue weighted by Crippen LogP contribution is 2.30. The number of benzene rings is 1. The molecule has 2 rings (SSSR count). The van der Waals surface area contributed by atoms with Crippen molar-refractivity contribution in [2.75, 3.05) is 13.6 Å². The quantitative estimate of drug-likeness (QED) is 0.909. The third-order valence-corrected chi connectivity index (χ3v) is 3.74. The molecule has 1 fully saturated rings. The zero-order chi connectivity index (χ0) is 15.5. The molecule has 0 bridgehead atoms. The summed E-state index contributed by atoms with van der Waals surface area (Å²) < 4.78 is 28.3. The fraction of sp³-hybridized carbons (Fsp3) is 0.533. The van der Waals surface area contributed by atoms with Crippen molar-refractivity contribution in [2.45, 2.75) is 37.9 Å². The first-order valence-corrected chi connectivity index (χ1v) is 6.92. The first-order valence-electron chi connectivity index (χ1n) is 6.92. The summed E-state index contributed by atoms with van der Waals surface area (Å²) in [6.07, 6.45) is 3.34. The number of carbonyl (C=O) groups excluding carboxylic acids is 1. The minimum atomic E-state index is -2.88. The SMILES string of the molecule is CN(CC1(O)CCCC1)C(=O)c1ccc(OC(F)F)cc1. The second-order valence-electron chi connectivity index (χ2n) is 5.50. The Hall–Kier alpha value is -1.69. The number of aliphatic hydroxyl groups is 1. The lowest BCUT2D eigenvalue weighted by atomic mass is 10.0. The lowest BCUT2D eigenvalue weighted by Gasteiger charge is -2.28. The number of likely N-dealkylation sites (N-methyl/N-ethyl adjacent to an activating group) is 1. The van der Waals surface area contributed by atoms with Gasteiger partial charge in [0.15, 0.2) is 0 Å². The minimum absolute atomic E-state index is 0.0126. The third-order valence-electron chi connectivity index (χ3n) is 3.74. The van der Waals surface area contributed by atoms with Crippen LogP contribution in [-0.2, 0) is 0 Å². The largest absolute Gasteiger partial charge is 0.435 e. The van der Waals surface area contributed by atoms with Crippen LogP contribution in [0, 0.1) is 0 Å². The van der Waals surface area contributed by atoms with Crippen LogP contribution in [0.25, 0.3) is 0 Å².